The number of nitro benzene ring substituents is 1. The van der Waals surface area contributed by atoms with Crippen molar-refractivity contribution in [3.05, 3.63) is 40.5 Å². The number of carbonyl (C=O) groups is 1. The van der Waals surface area contributed by atoms with E-state index in [4.69, 9.17) is 4.74 Å². The van der Waals surface area contributed by atoms with Gasteiger partial charge in [0.05, 0.1) is 18.1 Å². The van der Waals surface area contributed by atoms with Crippen molar-refractivity contribution >= 4 is 17.3 Å². The number of hydrogen-bond donors (Lipinski definition) is 2. The van der Waals surface area contributed by atoms with Crippen LogP contribution < -0.4 is 10.1 Å². The number of nitro groups is 1. The lowest BCUT2D eigenvalue weighted by molar-refractivity contribution is -0.384. The molecule has 9 nitrogen and oxygen atoms in total. The molecule has 2 N–H and O–H groups in total. The van der Waals surface area contributed by atoms with Crippen molar-refractivity contribution in [2.45, 2.75) is 0 Å². The molecule has 0 atom stereocenters. The van der Waals surface area contributed by atoms with E-state index in [1.165, 1.54) is 25.3 Å². The molecule has 9 heteroatoms. The molecule has 1 heterocycles. The van der Waals surface area contributed by atoms with E-state index in [9.17, 15) is 14.9 Å². The fourth-order valence-corrected chi connectivity index (χ4v) is 1.39. The number of amides is 1. The molecule has 0 radical (unpaired) electrons. The SMILES string of the molecule is COc1ccc(NC(=O)c2ncn[nH]2)c([N+](=O)[O-])c1. The lowest BCUT2D eigenvalue weighted by Crippen LogP contribution is -2.14. The zero-order valence-electron chi connectivity index (χ0n) is 9.78. The fraction of sp³-hybridized carbons (Fsp3) is 0.100. The molecular formula is C10H9N5O4. The maximum absolute atomic E-state index is 11.7. The Labute approximate surface area is 106 Å². The third-order valence-electron chi connectivity index (χ3n) is 2.28. The van der Waals surface area contributed by atoms with Crippen LogP contribution in [0.5, 0.6) is 5.75 Å². The van der Waals surface area contributed by atoms with Gasteiger partial charge in [0.1, 0.15) is 17.8 Å². The molecule has 1 aromatic carbocycles. The number of H-pyrrole nitrogens is 1. The number of rotatable bonds is 4. The van der Waals surface area contributed by atoms with E-state index in [1.807, 2.05) is 0 Å². The van der Waals surface area contributed by atoms with Crippen molar-refractivity contribution in [3.8, 4) is 5.75 Å². The minimum absolute atomic E-state index is 0.0369. The summed E-state index contributed by atoms with van der Waals surface area (Å²) in [5.74, 6) is -0.333. The minimum Gasteiger partial charge on any atom is -0.496 e. The summed E-state index contributed by atoms with van der Waals surface area (Å²) in [7, 11) is 1.39. The quantitative estimate of drug-likeness (QED) is 0.625. The second-order valence-corrected chi connectivity index (χ2v) is 3.43. The average Bonchev–Trinajstić information content (AvgIpc) is 2.92. The largest absolute Gasteiger partial charge is 0.496 e. The highest BCUT2D eigenvalue weighted by Crippen LogP contribution is 2.29. The summed E-state index contributed by atoms with van der Waals surface area (Å²) < 4.78 is 4.89. The van der Waals surface area contributed by atoms with Gasteiger partial charge in [0.15, 0.2) is 0 Å². The van der Waals surface area contributed by atoms with Gasteiger partial charge in [-0.3, -0.25) is 20.0 Å². The number of aromatic nitrogens is 3. The van der Waals surface area contributed by atoms with Crippen molar-refractivity contribution in [1.82, 2.24) is 15.2 Å². The van der Waals surface area contributed by atoms with E-state index >= 15 is 0 Å². The van der Waals surface area contributed by atoms with Crippen LogP contribution in [0, 0.1) is 10.1 Å². The Morgan fingerprint density at radius 2 is 2.32 bits per heavy atom. The number of carbonyl (C=O) groups excluding carboxylic acids is 1. The molecular weight excluding hydrogens is 254 g/mol. The van der Waals surface area contributed by atoms with E-state index in [0.717, 1.165) is 6.33 Å². The van der Waals surface area contributed by atoms with Crippen molar-refractivity contribution in [2.24, 2.45) is 0 Å². The van der Waals surface area contributed by atoms with E-state index in [2.05, 4.69) is 20.5 Å². The van der Waals surface area contributed by atoms with Crippen LogP contribution >= 0.6 is 0 Å². The zero-order chi connectivity index (χ0) is 13.8. The van der Waals surface area contributed by atoms with Crippen LogP contribution in [-0.2, 0) is 0 Å². The van der Waals surface area contributed by atoms with E-state index in [-0.39, 0.29) is 17.2 Å². The molecule has 0 aliphatic heterocycles. The van der Waals surface area contributed by atoms with Crippen LogP contribution in [0.1, 0.15) is 10.6 Å². The van der Waals surface area contributed by atoms with Crippen LogP contribution in [0.3, 0.4) is 0 Å². The molecule has 2 rings (SSSR count). The number of hydrogen-bond acceptors (Lipinski definition) is 6. The van der Waals surface area contributed by atoms with Crippen LogP contribution in [0.2, 0.25) is 0 Å². The van der Waals surface area contributed by atoms with Gasteiger partial charge in [0.25, 0.3) is 11.6 Å². The molecule has 19 heavy (non-hydrogen) atoms. The highest BCUT2D eigenvalue weighted by Gasteiger charge is 2.18. The highest BCUT2D eigenvalue weighted by molar-refractivity contribution is 6.02. The molecule has 0 unspecified atom stereocenters. The number of benzene rings is 1. The monoisotopic (exact) mass is 263 g/mol. The molecule has 0 saturated heterocycles. The summed E-state index contributed by atoms with van der Waals surface area (Å²) >= 11 is 0. The summed E-state index contributed by atoms with van der Waals surface area (Å²) in [5.41, 5.74) is -0.223. The van der Waals surface area contributed by atoms with Gasteiger partial charge >= 0.3 is 0 Å². The zero-order valence-corrected chi connectivity index (χ0v) is 9.78. The first-order valence-corrected chi connectivity index (χ1v) is 5.11. The Kier molecular flexibility index (Phi) is 3.37. The third-order valence-corrected chi connectivity index (χ3v) is 2.28. The topological polar surface area (TPSA) is 123 Å². The Bertz CT molecular complexity index is 610. The van der Waals surface area contributed by atoms with Gasteiger partial charge < -0.3 is 10.1 Å². The van der Waals surface area contributed by atoms with Crippen molar-refractivity contribution < 1.29 is 14.5 Å². The number of nitrogens with zero attached hydrogens (tertiary/aromatic N) is 3. The van der Waals surface area contributed by atoms with Crippen molar-refractivity contribution in [3.63, 3.8) is 0 Å². The average molecular weight is 263 g/mol. The number of aromatic amines is 1. The third kappa shape index (κ3) is 2.65. The summed E-state index contributed by atoms with van der Waals surface area (Å²) in [6, 6.07) is 4.10. The Morgan fingerprint density at radius 1 is 1.53 bits per heavy atom. The number of nitrogens with one attached hydrogen (secondary N) is 2. The van der Waals surface area contributed by atoms with Crippen LogP contribution in [0.4, 0.5) is 11.4 Å². The molecule has 0 bridgehead atoms. The summed E-state index contributed by atoms with van der Waals surface area (Å²) in [5, 5.41) is 19.2. The molecule has 0 spiro atoms. The Balaban J connectivity index is 2.29. The fourth-order valence-electron chi connectivity index (χ4n) is 1.39. The maximum atomic E-state index is 11.7. The van der Waals surface area contributed by atoms with Gasteiger partial charge in [-0.1, -0.05) is 0 Å². The maximum Gasteiger partial charge on any atom is 0.296 e. The second-order valence-electron chi connectivity index (χ2n) is 3.43. The number of ether oxygens (including phenoxy) is 1. The molecule has 0 fully saturated rings. The number of anilines is 1. The van der Waals surface area contributed by atoms with Gasteiger partial charge in [-0.15, -0.1) is 0 Å². The molecule has 0 saturated carbocycles. The standard InChI is InChI=1S/C10H9N5O4/c1-19-6-2-3-7(8(4-6)15(17)18)13-10(16)9-11-5-12-14-9/h2-5H,1H3,(H,13,16)(H,11,12,14). The molecule has 1 amide bonds. The minimum atomic E-state index is -0.620. The molecule has 0 aliphatic rings. The van der Waals surface area contributed by atoms with Crippen LogP contribution in [-0.4, -0.2) is 33.1 Å². The first kappa shape index (κ1) is 12.5. The van der Waals surface area contributed by atoms with E-state index in [0.29, 0.717) is 5.75 Å². The lowest BCUT2D eigenvalue weighted by atomic mass is 10.2. The van der Waals surface area contributed by atoms with Gasteiger partial charge in [0.2, 0.25) is 5.82 Å². The second kappa shape index (κ2) is 5.12. The summed E-state index contributed by atoms with van der Waals surface area (Å²) in [6.07, 6.45) is 1.16. The first-order chi connectivity index (χ1) is 9.11. The van der Waals surface area contributed by atoms with Crippen LogP contribution in [0.25, 0.3) is 0 Å². The van der Waals surface area contributed by atoms with Crippen molar-refractivity contribution in [1.29, 1.82) is 0 Å². The highest BCUT2D eigenvalue weighted by atomic mass is 16.6. The predicted molar refractivity (Wildman–Crippen MR) is 64.0 cm³/mol. The Hall–Kier alpha value is -2.97. The molecule has 1 aromatic heterocycles. The summed E-state index contributed by atoms with van der Waals surface area (Å²) in [6.45, 7) is 0. The molecule has 0 aliphatic carbocycles. The van der Waals surface area contributed by atoms with Gasteiger partial charge in [-0.25, -0.2) is 4.98 Å². The number of methoxy groups -OCH3 is 1. The van der Waals surface area contributed by atoms with Gasteiger partial charge in [-0.2, -0.15) is 5.10 Å². The van der Waals surface area contributed by atoms with Crippen molar-refractivity contribution in [2.75, 3.05) is 12.4 Å². The van der Waals surface area contributed by atoms with Gasteiger partial charge in [0, 0.05) is 0 Å². The molecule has 2 aromatic rings. The molecule has 98 valence electrons. The van der Waals surface area contributed by atoms with Crippen LogP contribution in [0.15, 0.2) is 24.5 Å². The van der Waals surface area contributed by atoms with E-state index in [1.54, 1.807) is 0 Å². The Morgan fingerprint density at radius 3 is 2.89 bits per heavy atom. The van der Waals surface area contributed by atoms with E-state index < -0.39 is 10.8 Å². The lowest BCUT2D eigenvalue weighted by Gasteiger charge is -2.06. The summed E-state index contributed by atoms with van der Waals surface area (Å²) in [4.78, 5) is 25.7. The predicted octanol–water partition coefficient (Wildman–Crippen LogP) is 0.974. The smallest absolute Gasteiger partial charge is 0.296 e. The first-order valence-electron chi connectivity index (χ1n) is 5.11. The normalized spacial score (nSPS) is 9.95. The van der Waals surface area contributed by atoms with Gasteiger partial charge in [-0.05, 0) is 12.1 Å².